The molecule has 0 spiro atoms. The summed E-state index contributed by atoms with van der Waals surface area (Å²) in [6.45, 7) is 1.62. The Morgan fingerprint density at radius 2 is 2.03 bits per heavy atom. The highest BCUT2D eigenvalue weighted by molar-refractivity contribution is 7.89. The quantitative estimate of drug-likeness (QED) is 0.672. The van der Waals surface area contributed by atoms with Crippen molar-refractivity contribution >= 4 is 39.1 Å². The average molecular weight is 471 g/mol. The van der Waals surface area contributed by atoms with E-state index in [9.17, 15) is 13.2 Å². The monoisotopic (exact) mass is 470 g/mol. The molecule has 0 radical (unpaired) electrons. The first-order valence-corrected chi connectivity index (χ1v) is 12.3. The third kappa shape index (κ3) is 4.99. The van der Waals surface area contributed by atoms with Gasteiger partial charge in [0.15, 0.2) is 5.03 Å². The van der Waals surface area contributed by atoms with Gasteiger partial charge >= 0.3 is 0 Å². The topological polar surface area (TPSA) is 84.3 Å². The van der Waals surface area contributed by atoms with Gasteiger partial charge in [-0.1, -0.05) is 29.3 Å². The van der Waals surface area contributed by atoms with Crippen LogP contribution in [0.1, 0.15) is 31.2 Å². The molecule has 1 aromatic carbocycles. The largest absolute Gasteiger partial charge is 0.352 e. The Morgan fingerprint density at radius 1 is 1.23 bits per heavy atom. The standard InChI is InChI=1S/C20H24Cl2N4O3S/c21-17-6-5-15(18(22)8-17)9-23-20(27)16-2-1-7-26(11-16)30(28,29)19-12-25(13-24-19)10-14-3-4-14/h5-6,8,12-14,16H,1-4,7,9-11H2,(H,23,27)/t16-/m1/s1. The zero-order valence-electron chi connectivity index (χ0n) is 16.4. The SMILES string of the molecule is O=C(NCc1ccc(Cl)cc1Cl)[C@@H]1CCCN(S(=O)(=O)c2cn(CC3CC3)cn2)C1. The highest BCUT2D eigenvalue weighted by Crippen LogP contribution is 2.31. The molecule has 1 aromatic heterocycles. The Labute approximate surface area is 186 Å². The second-order valence-electron chi connectivity index (χ2n) is 8.01. The van der Waals surface area contributed by atoms with Crippen LogP contribution in [-0.2, 0) is 27.9 Å². The van der Waals surface area contributed by atoms with Crippen LogP contribution >= 0.6 is 23.2 Å². The van der Waals surface area contributed by atoms with Gasteiger partial charge in [0.25, 0.3) is 10.0 Å². The summed E-state index contributed by atoms with van der Waals surface area (Å²) in [5.41, 5.74) is 0.760. The van der Waals surface area contributed by atoms with E-state index in [0.717, 1.165) is 12.1 Å². The molecule has 2 heterocycles. The number of carbonyl (C=O) groups excluding carboxylic acids is 1. The number of carbonyl (C=O) groups is 1. The molecule has 30 heavy (non-hydrogen) atoms. The first-order valence-electron chi connectivity index (χ1n) is 10.1. The summed E-state index contributed by atoms with van der Waals surface area (Å²) in [4.78, 5) is 16.8. The normalized spacial score (nSPS) is 20.3. The molecule has 2 aliphatic rings. The zero-order chi connectivity index (χ0) is 21.3. The number of aromatic nitrogens is 2. The summed E-state index contributed by atoms with van der Waals surface area (Å²) in [6, 6.07) is 5.11. The minimum absolute atomic E-state index is 0.0529. The van der Waals surface area contributed by atoms with Gasteiger partial charge in [0.05, 0.1) is 12.2 Å². The van der Waals surface area contributed by atoms with Crippen LogP contribution in [0.15, 0.2) is 35.7 Å². The first-order chi connectivity index (χ1) is 14.3. The fourth-order valence-electron chi connectivity index (χ4n) is 3.67. The van der Waals surface area contributed by atoms with Gasteiger partial charge in [-0.2, -0.15) is 4.31 Å². The van der Waals surface area contributed by atoms with Crippen LogP contribution in [0.25, 0.3) is 0 Å². The van der Waals surface area contributed by atoms with Gasteiger partial charge in [-0.25, -0.2) is 13.4 Å². The predicted molar refractivity (Wildman–Crippen MR) is 115 cm³/mol. The van der Waals surface area contributed by atoms with E-state index in [0.29, 0.717) is 35.3 Å². The molecule has 0 unspecified atom stereocenters. The van der Waals surface area contributed by atoms with E-state index in [2.05, 4.69) is 10.3 Å². The molecule has 1 N–H and O–H groups in total. The van der Waals surface area contributed by atoms with Crippen LogP contribution in [0.3, 0.4) is 0 Å². The minimum Gasteiger partial charge on any atom is -0.352 e. The number of rotatable bonds is 7. The molecule has 1 aliphatic carbocycles. The number of sulfonamides is 1. The van der Waals surface area contributed by atoms with Crippen LogP contribution in [-0.4, -0.2) is 41.3 Å². The molecular formula is C20H24Cl2N4O3S. The molecule has 4 rings (SSSR count). The number of hydrogen-bond acceptors (Lipinski definition) is 4. The summed E-state index contributed by atoms with van der Waals surface area (Å²) >= 11 is 12.1. The summed E-state index contributed by atoms with van der Waals surface area (Å²) in [5, 5.41) is 3.93. The first kappa shape index (κ1) is 21.6. The molecule has 162 valence electrons. The van der Waals surface area contributed by atoms with E-state index in [1.54, 1.807) is 30.7 Å². The molecule has 7 nitrogen and oxygen atoms in total. The van der Waals surface area contributed by atoms with Crippen molar-refractivity contribution in [2.45, 2.75) is 43.8 Å². The van der Waals surface area contributed by atoms with Crippen LogP contribution in [0.4, 0.5) is 0 Å². The fourth-order valence-corrected chi connectivity index (χ4v) is 5.60. The number of nitrogens with zero attached hydrogens (tertiary/aromatic N) is 3. The zero-order valence-corrected chi connectivity index (χ0v) is 18.8. The predicted octanol–water partition coefficient (Wildman–Crippen LogP) is 3.32. The Bertz CT molecular complexity index is 1040. The fraction of sp³-hybridized carbons (Fsp3) is 0.500. The average Bonchev–Trinajstić information content (AvgIpc) is 3.40. The van der Waals surface area contributed by atoms with Gasteiger partial charge < -0.3 is 9.88 Å². The molecule has 0 bridgehead atoms. The van der Waals surface area contributed by atoms with E-state index in [1.165, 1.54) is 17.1 Å². The van der Waals surface area contributed by atoms with Crippen molar-refractivity contribution in [2.75, 3.05) is 13.1 Å². The van der Waals surface area contributed by atoms with Crippen LogP contribution < -0.4 is 5.32 Å². The van der Waals surface area contributed by atoms with E-state index < -0.39 is 15.9 Å². The van der Waals surface area contributed by atoms with E-state index in [1.807, 2.05) is 4.57 Å². The lowest BCUT2D eigenvalue weighted by molar-refractivity contribution is -0.126. The van der Waals surface area contributed by atoms with Crippen molar-refractivity contribution in [2.24, 2.45) is 11.8 Å². The molecule has 1 aliphatic heterocycles. The van der Waals surface area contributed by atoms with Crippen molar-refractivity contribution < 1.29 is 13.2 Å². The van der Waals surface area contributed by atoms with Gasteiger partial charge in [-0.05, 0) is 49.3 Å². The minimum atomic E-state index is -3.72. The smallest absolute Gasteiger partial charge is 0.262 e. The summed E-state index contributed by atoms with van der Waals surface area (Å²) in [6.07, 6.45) is 6.81. The van der Waals surface area contributed by atoms with E-state index in [-0.39, 0.29) is 24.0 Å². The summed E-state index contributed by atoms with van der Waals surface area (Å²) < 4.78 is 29.2. The van der Waals surface area contributed by atoms with Crippen molar-refractivity contribution in [3.8, 4) is 0 Å². The van der Waals surface area contributed by atoms with Gasteiger partial charge in [0, 0.05) is 42.4 Å². The van der Waals surface area contributed by atoms with Crippen molar-refractivity contribution in [1.29, 1.82) is 0 Å². The van der Waals surface area contributed by atoms with E-state index in [4.69, 9.17) is 23.2 Å². The molecule has 1 saturated carbocycles. The lowest BCUT2D eigenvalue weighted by Gasteiger charge is -2.30. The van der Waals surface area contributed by atoms with Crippen molar-refractivity contribution in [3.63, 3.8) is 0 Å². The number of nitrogens with one attached hydrogen (secondary N) is 1. The maximum absolute atomic E-state index is 13.0. The molecule has 1 atom stereocenters. The number of amides is 1. The number of benzene rings is 1. The third-order valence-electron chi connectivity index (χ3n) is 5.60. The van der Waals surface area contributed by atoms with Crippen LogP contribution in [0.2, 0.25) is 10.0 Å². The van der Waals surface area contributed by atoms with Crippen molar-refractivity contribution in [3.05, 3.63) is 46.3 Å². The van der Waals surface area contributed by atoms with Gasteiger partial charge in [0.2, 0.25) is 5.91 Å². The van der Waals surface area contributed by atoms with Crippen LogP contribution in [0, 0.1) is 11.8 Å². The number of halogens is 2. The van der Waals surface area contributed by atoms with Gasteiger partial charge in [-0.3, -0.25) is 4.79 Å². The number of hydrogen-bond donors (Lipinski definition) is 1. The lowest BCUT2D eigenvalue weighted by atomic mass is 9.99. The van der Waals surface area contributed by atoms with Crippen LogP contribution in [0.5, 0.6) is 0 Å². The molecule has 2 aromatic rings. The lowest BCUT2D eigenvalue weighted by Crippen LogP contribution is -2.45. The molecule has 1 amide bonds. The Kier molecular flexibility index (Phi) is 6.39. The maximum atomic E-state index is 13.0. The van der Waals surface area contributed by atoms with Crippen molar-refractivity contribution in [1.82, 2.24) is 19.2 Å². The maximum Gasteiger partial charge on any atom is 0.262 e. The molecule has 10 heteroatoms. The highest BCUT2D eigenvalue weighted by Gasteiger charge is 2.34. The Morgan fingerprint density at radius 3 is 2.77 bits per heavy atom. The highest BCUT2D eigenvalue weighted by atomic mass is 35.5. The van der Waals surface area contributed by atoms with E-state index >= 15 is 0 Å². The summed E-state index contributed by atoms with van der Waals surface area (Å²) in [7, 11) is -3.72. The second-order valence-corrected chi connectivity index (χ2v) is 10.7. The van der Waals surface area contributed by atoms with Gasteiger partial charge in [-0.15, -0.1) is 0 Å². The Balaban J connectivity index is 1.38. The molecule has 2 fully saturated rings. The summed E-state index contributed by atoms with van der Waals surface area (Å²) in [5.74, 6) is 0.0419. The molecular weight excluding hydrogens is 447 g/mol. The third-order valence-corrected chi connectivity index (χ3v) is 7.94. The molecule has 1 saturated heterocycles. The van der Waals surface area contributed by atoms with Gasteiger partial charge in [0.1, 0.15) is 0 Å². The number of imidazole rings is 1. The second kappa shape index (κ2) is 8.86. The Hall–Kier alpha value is -1.61. The number of piperidine rings is 1.